The van der Waals surface area contributed by atoms with E-state index in [0.717, 1.165) is 29.1 Å². The summed E-state index contributed by atoms with van der Waals surface area (Å²) in [5, 5.41) is 0. The fourth-order valence-corrected chi connectivity index (χ4v) is 4.40. The summed E-state index contributed by atoms with van der Waals surface area (Å²) in [5.41, 5.74) is 3.35. The average molecular weight is 368 g/mol. The Morgan fingerprint density at radius 3 is 2.85 bits per heavy atom. The lowest BCUT2D eigenvalue weighted by Crippen LogP contribution is -2.17. The van der Waals surface area contributed by atoms with Gasteiger partial charge < -0.3 is 14.0 Å². The first kappa shape index (κ1) is 16.8. The Hall–Kier alpha value is -2.60. The highest BCUT2D eigenvalue weighted by atomic mass is 32.1. The van der Waals surface area contributed by atoms with Gasteiger partial charge >= 0.3 is 0 Å². The van der Waals surface area contributed by atoms with Gasteiger partial charge in [-0.2, -0.15) is 4.99 Å². The number of aromatic nitrogens is 1. The summed E-state index contributed by atoms with van der Waals surface area (Å²) in [4.78, 5) is 17.7. The van der Waals surface area contributed by atoms with Crippen LogP contribution in [0.25, 0.3) is 10.2 Å². The van der Waals surface area contributed by atoms with E-state index in [1.54, 1.807) is 11.3 Å². The van der Waals surface area contributed by atoms with Crippen LogP contribution in [0.4, 0.5) is 0 Å². The van der Waals surface area contributed by atoms with Crippen molar-refractivity contribution in [3.63, 3.8) is 0 Å². The van der Waals surface area contributed by atoms with Gasteiger partial charge in [0.1, 0.15) is 0 Å². The van der Waals surface area contributed by atoms with Crippen molar-refractivity contribution in [1.82, 2.24) is 4.57 Å². The van der Waals surface area contributed by atoms with Gasteiger partial charge in [0.2, 0.25) is 6.79 Å². The number of rotatable bonds is 4. The second-order valence-electron chi connectivity index (χ2n) is 6.12. The first-order valence-electron chi connectivity index (χ1n) is 8.77. The minimum Gasteiger partial charge on any atom is -0.454 e. The van der Waals surface area contributed by atoms with Crippen molar-refractivity contribution in [1.29, 1.82) is 0 Å². The van der Waals surface area contributed by atoms with E-state index in [9.17, 15) is 4.79 Å². The van der Waals surface area contributed by atoms with E-state index in [1.807, 2.05) is 18.2 Å². The third-order valence-electron chi connectivity index (χ3n) is 4.49. The number of fused-ring (bicyclic) bond motifs is 2. The molecule has 0 radical (unpaired) electrons. The van der Waals surface area contributed by atoms with Crippen LogP contribution in [0.2, 0.25) is 0 Å². The molecular weight excluding hydrogens is 348 g/mol. The smallest absolute Gasteiger partial charge is 0.252 e. The van der Waals surface area contributed by atoms with Gasteiger partial charge in [-0.1, -0.05) is 36.5 Å². The second kappa shape index (κ2) is 6.96. The molecule has 2 heterocycles. The van der Waals surface area contributed by atoms with Crippen molar-refractivity contribution in [3.05, 3.63) is 52.3 Å². The zero-order valence-corrected chi connectivity index (χ0v) is 15.6. The molecule has 0 N–H and O–H groups in total. The molecule has 0 unspecified atom stereocenters. The summed E-state index contributed by atoms with van der Waals surface area (Å²) >= 11 is 1.57. The van der Waals surface area contributed by atoms with E-state index < -0.39 is 0 Å². The summed E-state index contributed by atoms with van der Waals surface area (Å²) in [6.07, 6.45) is 1.20. The van der Waals surface area contributed by atoms with E-state index in [4.69, 9.17) is 9.47 Å². The average Bonchev–Trinajstić information content (AvgIpc) is 3.24. The maximum absolute atomic E-state index is 12.5. The molecule has 0 saturated heterocycles. The minimum atomic E-state index is -0.157. The lowest BCUT2D eigenvalue weighted by molar-refractivity contribution is -0.117. The fourth-order valence-electron chi connectivity index (χ4n) is 3.24. The number of amides is 1. The van der Waals surface area contributed by atoms with E-state index >= 15 is 0 Å². The molecule has 1 amide bonds. The number of ether oxygens (including phenoxy) is 2. The maximum Gasteiger partial charge on any atom is 0.252 e. The van der Waals surface area contributed by atoms with Gasteiger partial charge in [-0.25, -0.2) is 0 Å². The Morgan fingerprint density at radius 2 is 2.04 bits per heavy atom. The molecule has 0 fully saturated rings. The van der Waals surface area contributed by atoms with Crippen LogP contribution in [0.1, 0.15) is 25.0 Å². The number of thiazole rings is 1. The van der Waals surface area contributed by atoms with Crippen LogP contribution in [0, 0.1) is 0 Å². The number of carbonyl (C=O) groups excluding carboxylic acids is 1. The molecule has 5 nitrogen and oxygen atoms in total. The van der Waals surface area contributed by atoms with Crippen LogP contribution in [-0.4, -0.2) is 17.3 Å². The van der Waals surface area contributed by atoms with Crippen molar-refractivity contribution in [2.24, 2.45) is 4.99 Å². The molecule has 6 heteroatoms. The molecular formula is C20H20N2O3S. The third-order valence-corrected chi connectivity index (χ3v) is 5.54. The Kier molecular flexibility index (Phi) is 4.51. The standard InChI is InChI=1S/C20H20N2O3S/c1-3-14-6-5-7-17-19(14)22(4-2)20(26-17)21-18(23)11-13-8-9-15-16(10-13)25-12-24-15/h5-10H,3-4,11-12H2,1-2H3. The zero-order valence-electron chi connectivity index (χ0n) is 14.8. The monoisotopic (exact) mass is 368 g/mol. The number of aryl methyl sites for hydroxylation is 2. The van der Waals surface area contributed by atoms with Crippen LogP contribution in [-0.2, 0) is 24.2 Å². The summed E-state index contributed by atoms with van der Waals surface area (Å²) in [6.45, 7) is 5.25. The van der Waals surface area contributed by atoms with Crippen molar-refractivity contribution in [3.8, 4) is 11.5 Å². The number of nitrogens with zero attached hydrogens (tertiary/aromatic N) is 2. The summed E-state index contributed by atoms with van der Waals surface area (Å²) in [7, 11) is 0. The number of hydrogen-bond acceptors (Lipinski definition) is 4. The molecule has 3 aromatic rings. The van der Waals surface area contributed by atoms with Gasteiger partial charge in [-0.3, -0.25) is 4.79 Å². The Morgan fingerprint density at radius 1 is 1.19 bits per heavy atom. The molecule has 1 aromatic heterocycles. The zero-order chi connectivity index (χ0) is 18.1. The molecule has 1 aliphatic rings. The largest absolute Gasteiger partial charge is 0.454 e. The predicted octanol–water partition coefficient (Wildman–Crippen LogP) is 3.68. The van der Waals surface area contributed by atoms with E-state index in [1.165, 1.54) is 15.8 Å². The maximum atomic E-state index is 12.5. The highest BCUT2D eigenvalue weighted by Crippen LogP contribution is 2.32. The van der Waals surface area contributed by atoms with Gasteiger partial charge in [0.05, 0.1) is 16.6 Å². The molecule has 0 spiro atoms. The highest BCUT2D eigenvalue weighted by molar-refractivity contribution is 7.16. The summed E-state index contributed by atoms with van der Waals surface area (Å²) in [5.74, 6) is 1.25. The fraction of sp³-hybridized carbons (Fsp3) is 0.300. The Labute approximate surface area is 155 Å². The molecule has 0 atom stereocenters. The quantitative estimate of drug-likeness (QED) is 0.706. The van der Waals surface area contributed by atoms with Crippen LogP contribution in [0.3, 0.4) is 0 Å². The molecule has 1 aliphatic heterocycles. The molecule has 0 saturated carbocycles. The van der Waals surface area contributed by atoms with Gasteiger partial charge in [-0.05, 0) is 42.7 Å². The number of carbonyl (C=O) groups is 1. The SMILES string of the molecule is CCc1cccc2sc(=NC(=O)Cc3ccc4c(c3)OCO4)n(CC)c12. The molecule has 2 aromatic carbocycles. The first-order chi connectivity index (χ1) is 12.7. The lowest BCUT2D eigenvalue weighted by Gasteiger charge is -2.05. The van der Waals surface area contributed by atoms with Gasteiger partial charge in [0.15, 0.2) is 16.3 Å². The predicted molar refractivity (Wildman–Crippen MR) is 102 cm³/mol. The summed E-state index contributed by atoms with van der Waals surface area (Å²) in [6, 6.07) is 11.9. The number of hydrogen-bond donors (Lipinski definition) is 0. The first-order valence-corrected chi connectivity index (χ1v) is 9.58. The van der Waals surface area contributed by atoms with E-state index in [2.05, 4.69) is 41.6 Å². The molecule has 0 aliphatic carbocycles. The number of benzene rings is 2. The van der Waals surface area contributed by atoms with E-state index in [-0.39, 0.29) is 19.1 Å². The van der Waals surface area contributed by atoms with Crippen LogP contribution in [0.15, 0.2) is 41.4 Å². The minimum absolute atomic E-state index is 0.157. The van der Waals surface area contributed by atoms with E-state index in [0.29, 0.717) is 5.75 Å². The third kappa shape index (κ3) is 3.01. The van der Waals surface area contributed by atoms with Gasteiger partial charge in [0.25, 0.3) is 5.91 Å². The van der Waals surface area contributed by atoms with Crippen LogP contribution < -0.4 is 14.3 Å². The van der Waals surface area contributed by atoms with Crippen molar-refractivity contribution < 1.29 is 14.3 Å². The van der Waals surface area contributed by atoms with Crippen LogP contribution >= 0.6 is 11.3 Å². The van der Waals surface area contributed by atoms with Crippen molar-refractivity contribution in [2.75, 3.05) is 6.79 Å². The summed E-state index contributed by atoms with van der Waals surface area (Å²) < 4.78 is 14.0. The molecule has 0 bridgehead atoms. The second-order valence-corrected chi connectivity index (χ2v) is 7.13. The number of para-hydroxylation sites is 1. The molecule has 26 heavy (non-hydrogen) atoms. The van der Waals surface area contributed by atoms with Crippen molar-refractivity contribution >= 4 is 27.5 Å². The topological polar surface area (TPSA) is 52.8 Å². The Bertz CT molecular complexity index is 1050. The molecule has 134 valence electrons. The lowest BCUT2D eigenvalue weighted by atomic mass is 10.1. The Balaban J connectivity index is 1.68. The highest BCUT2D eigenvalue weighted by Gasteiger charge is 2.15. The van der Waals surface area contributed by atoms with Gasteiger partial charge in [-0.15, -0.1) is 0 Å². The molecule has 4 rings (SSSR count). The van der Waals surface area contributed by atoms with Gasteiger partial charge in [0, 0.05) is 6.54 Å². The van der Waals surface area contributed by atoms with Crippen LogP contribution in [0.5, 0.6) is 11.5 Å². The normalized spacial score (nSPS) is 13.5. The van der Waals surface area contributed by atoms with Crippen molar-refractivity contribution in [2.45, 2.75) is 33.2 Å².